The van der Waals surface area contributed by atoms with Gasteiger partial charge in [0.05, 0.1) is 5.52 Å². The van der Waals surface area contributed by atoms with Gasteiger partial charge in [-0.15, -0.1) is 0 Å². The largest absolute Gasteiger partial charge is 0.330 e. The molecule has 0 amide bonds. The van der Waals surface area contributed by atoms with Crippen LogP contribution in [-0.2, 0) is 13.5 Å². The van der Waals surface area contributed by atoms with Crippen LogP contribution < -0.4 is 5.73 Å². The molecule has 0 aromatic carbocycles. The fourth-order valence-corrected chi connectivity index (χ4v) is 2.35. The van der Waals surface area contributed by atoms with Crippen molar-refractivity contribution in [2.24, 2.45) is 12.8 Å². The van der Waals surface area contributed by atoms with E-state index < -0.39 is 0 Å². The van der Waals surface area contributed by atoms with Crippen molar-refractivity contribution in [3.05, 3.63) is 24.2 Å². The van der Waals surface area contributed by atoms with E-state index in [4.69, 9.17) is 5.73 Å². The Balaban J connectivity index is 2.00. The highest BCUT2D eigenvalue weighted by molar-refractivity contribution is 5.71. The Morgan fingerprint density at radius 3 is 2.94 bits per heavy atom. The first kappa shape index (κ1) is 9.78. The zero-order valence-electron chi connectivity index (χ0n) is 9.48. The number of rotatable bonds is 2. The minimum absolute atomic E-state index is 0.0187. The molecule has 0 unspecified atom stereocenters. The van der Waals surface area contributed by atoms with Gasteiger partial charge >= 0.3 is 0 Å². The van der Waals surface area contributed by atoms with E-state index in [0.29, 0.717) is 0 Å². The van der Waals surface area contributed by atoms with Gasteiger partial charge in [-0.3, -0.25) is 0 Å². The second-order valence-electron chi connectivity index (χ2n) is 4.83. The number of aryl methyl sites for hydroxylation is 1. The van der Waals surface area contributed by atoms with Crippen molar-refractivity contribution in [1.29, 1.82) is 0 Å². The predicted octanol–water partition coefficient (Wildman–Crippen LogP) is 1.39. The highest BCUT2D eigenvalue weighted by Gasteiger charge is 2.34. The average molecular weight is 216 g/mol. The molecule has 4 heteroatoms. The third-order valence-corrected chi connectivity index (χ3v) is 3.61. The maximum atomic E-state index is 6.25. The molecule has 3 rings (SSSR count). The summed E-state index contributed by atoms with van der Waals surface area (Å²) in [6.07, 6.45) is 6.12. The standard InChI is InChI=1S/C12H16N4/c1-16-9-4-2-7-14-11(9)15-10(16)8-12(13)5-3-6-12/h2,4,7H,3,5-6,8,13H2,1H3. The molecule has 4 nitrogen and oxygen atoms in total. The first-order chi connectivity index (χ1) is 7.68. The molecule has 84 valence electrons. The molecule has 0 bridgehead atoms. The van der Waals surface area contributed by atoms with Gasteiger partial charge in [-0.05, 0) is 31.4 Å². The fourth-order valence-electron chi connectivity index (χ4n) is 2.35. The van der Waals surface area contributed by atoms with Crippen molar-refractivity contribution in [2.45, 2.75) is 31.2 Å². The summed E-state index contributed by atoms with van der Waals surface area (Å²) in [4.78, 5) is 8.81. The van der Waals surface area contributed by atoms with E-state index in [1.807, 2.05) is 19.2 Å². The summed E-state index contributed by atoms with van der Waals surface area (Å²) < 4.78 is 2.11. The number of nitrogens with zero attached hydrogens (tertiary/aromatic N) is 3. The van der Waals surface area contributed by atoms with Gasteiger partial charge in [-0.25, -0.2) is 9.97 Å². The normalized spacial score (nSPS) is 18.6. The summed E-state index contributed by atoms with van der Waals surface area (Å²) in [5, 5.41) is 0. The molecule has 2 aromatic rings. The van der Waals surface area contributed by atoms with Gasteiger partial charge in [0.25, 0.3) is 0 Å². The molecule has 1 fully saturated rings. The van der Waals surface area contributed by atoms with Crippen molar-refractivity contribution in [3.63, 3.8) is 0 Å². The van der Waals surface area contributed by atoms with Crippen LogP contribution in [0, 0.1) is 0 Å². The molecule has 2 heterocycles. The minimum Gasteiger partial charge on any atom is -0.330 e. The Kier molecular flexibility index (Phi) is 2.01. The summed E-state index contributed by atoms with van der Waals surface area (Å²) in [6.45, 7) is 0. The van der Waals surface area contributed by atoms with Gasteiger partial charge < -0.3 is 10.3 Å². The molecule has 0 saturated heterocycles. The summed E-state index contributed by atoms with van der Waals surface area (Å²) >= 11 is 0. The Hall–Kier alpha value is -1.42. The topological polar surface area (TPSA) is 56.7 Å². The minimum atomic E-state index is -0.0187. The zero-order chi connectivity index (χ0) is 11.2. The van der Waals surface area contributed by atoms with Crippen molar-refractivity contribution in [3.8, 4) is 0 Å². The quantitative estimate of drug-likeness (QED) is 0.825. The highest BCUT2D eigenvalue weighted by Crippen LogP contribution is 2.32. The molecule has 0 atom stereocenters. The number of hydrogen-bond donors (Lipinski definition) is 1. The molecular weight excluding hydrogens is 200 g/mol. The molecule has 2 aromatic heterocycles. The lowest BCUT2D eigenvalue weighted by molar-refractivity contribution is 0.242. The number of aromatic nitrogens is 3. The van der Waals surface area contributed by atoms with Crippen LogP contribution in [0.25, 0.3) is 11.2 Å². The zero-order valence-corrected chi connectivity index (χ0v) is 9.48. The number of hydrogen-bond acceptors (Lipinski definition) is 3. The summed E-state index contributed by atoms with van der Waals surface area (Å²) in [5.41, 5.74) is 8.14. The van der Waals surface area contributed by atoms with E-state index in [1.54, 1.807) is 6.20 Å². The molecule has 2 N–H and O–H groups in total. The highest BCUT2D eigenvalue weighted by atomic mass is 15.1. The van der Waals surface area contributed by atoms with Crippen molar-refractivity contribution >= 4 is 11.2 Å². The van der Waals surface area contributed by atoms with Gasteiger partial charge in [-0.2, -0.15) is 0 Å². The van der Waals surface area contributed by atoms with Gasteiger partial charge in [0.15, 0.2) is 5.65 Å². The van der Waals surface area contributed by atoms with Gasteiger partial charge in [0.1, 0.15) is 5.82 Å². The second-order valence-corrected chi connectivity index (χ2v) is 4.83. The maximum absolute atomic E-state index is 6.25. The predicted molar refractivity (Wildman–Crippen MR) is 63.0 cm³/mol. The lowest BCUT2D eigenvalue weighted by Gasteiger charge is -2.37. The SMILES string of the molecule is Cn1c(CC2(N)CCC2)nc2ncccc21. The third-order valence-electron chi connectivity index (χ3n) is 3.61. The first-order valence-corrected chi connectivity index (χ1v) is 5.73. The van der Waals surface area contributed by atoms with E-state index in [9.17, 15) is 0 Å². The first-order valence-electron chi connectivity index (χ1n) is 5.73. The molecule has 1 saturated carbocycles. The van der Waals surface area contributed by atoms with Crippen LogP contribution in [0.2, 0.25) is 0 Å². The van der Waals surface area contributed by atoms with Crippen LogP contribution in [0.15, 0.2) is 18.3 Å². The van der Waals surface area contributed by atoms with Crippen LogP contribution in [-0.4, -0.2) is 20.1 Å². The number of nitrogens with two attached hydrogens (primary N) is 1. The summed E-state index contributed by atoms with van der Waals surface area (Å²) in [5.74, 6) is 1.05. The van der Waals surface area contributed by atoms with Gasteiger partial charge in [-0.1, -0.05) is 0 Å². The van der Waals surface area contributed by atoms with Crippen LogP contribution in [0.4, 0.5) is 0 Å². The molecule has 1 aliphatic rings. The Morgan fingerprint density at radius 2 is 2.31 bits per heavy atom. The van der Waals surface area contributed by atoms with Gasteiger partial charge in [0.2, 0.25) is 0 Å². The lowest BCUT2D eigenvalue weighted by atomic mass is 9.75. The van der Waals surface area contributed by atoms with E-state index in [0.717, 1.165) is 36.3 Å². The van der Waals surface area contributed by atoms with E-state index >= 15 is 0 Å². The lowest BCUT2D eigenvalue weighted by Crippen LogP contribution is -2.48. The van der Waals surface area contributed by atoms with E-state index in [2.05, 4.69) is 14.5 Å². The van der Waals surface area contributed by atoms with Crippen LogP contribution in [0.1, 0.15) is 25.1 Å². The smallest absolute Gasteiger partial charge is 0.177 e. The molecule has 0 spiro atoms. The van der Waals surface area contributed by atoms with Crippen LogP contribution in [0.3, 0.4) is 0 Å². The van der Waals surface area contributed by atoms with Crippen molar-refractivity contribution in [2.75, 3.05) is 0 Å². The summed E-state index contributed by atoms with van der Waals surface area (Å²) in [7, 11) is 2.04. The molecule has 16 heavy (non-hydrogen) atoms. The Bertz CT molecular complexity index is 525. The molecule has 0 radical (unpaired) electrons. The number of imidazole rings is 1. The van der Waals surface area contributed by atoms with Crippen LogP contribution >= 0.6 is 0 Å². The van der Waals surface area contributed by atoms with Crippen LogP contribution in [0.5, 0.6) is 0 Å². The van der Waals surface area contributed by atoms with E-state index in [1.165, 1.54) is 6.42 Å². The molecular formula is C12H16N4. The fraction of sp³-hybridized carbons (Fsp3) is 0.500. The van der Waals surface area contributed by atoms with Crippen molar-refractivity contribution in [1.82, 2.24) is 14.5 Å². The van der Waals surface area contributed by atoms with Crippen molar-refractivity contribution < 1.29 is 0 Å². The maximum Gasteiger partial charge on any atom is 0.177 e. The third kappa shape index (κ3) is 1.41. The molecule has 1 aliphatic carbocycles. The Labute approximate surface area is 94.5 Å². The monoisotopic (exact) mass is 216 g/mol. The molecule has 0 aliphatic heterocycles. The van der Waals surface area contributed by atoms with Gasteiger partial charge in [0, 0.05) is 25.2 Å². The average Bonchev–Trinajstić information content (AvgIpc) is 2.55. The Morgan fingerprint density at radius 1 is 1.50 bits per heavy atom. The summed E-state index contributed by atoms with van der Waals surface area (Å²) in [6, 6.07) is 3.98. The number of pyridine rings is 1. The van der Waals surface area contributed by atoms with E-state index in [-0.39, 0.29) is 5.54 Å². The second kappa shape index (κ2) is 3.28. The number of fused-ring (bicyclic) bond motifs is 1.